The maximum Gasteiger partial charge on any atom is 0.501 e. The Morgan fingerprint density at radius 3 is 2.10 bits per heavy atom. The van der Waals surface area contributed by atoms with Crippen molar-refractivity contribution >= 4 is 15.5 Å². The number of rotatable bonds is 5. The number of nitrogens with two attached hydrogens (primary N) is 1. The molecule has 114 valence electrons. The van der Waals surface area contributed by atoms with Crippen molar-refractivity contribution in [1.82, 2.24) is 0 Å². The molecule has 1 aromatic carbocycles. The Hall–Kier alpha value is -1.28. The molecule has 3 N–H and O–H groups in total. The smallest absolute Gasteiger partial charge is 0.383 e. The second-order valence-corrected chi connectivity index (χ2v) is 6.70. The van der Waals surface area contributed by atoms with Gasteiger partial charge in [-0.05, 0) is 30.2 Å². The number of hydrogen-bond acceptors (Lipinski definition) is 4. The van der Waals surface area contributed by atoms with Crippen LogP contribution in [0.15, 0.2) is 29.2 Å². The van der Waals surface area contributed by atoms with Crippen molar-refractivity contribution in [2.24, 2.45) is 11.7 Å². The van der Waals surface area contributed by atoms with E-state index in [2.05, 4.69) is 5.32 Å². The summed E-state index contributed by atoms with van der Waals surface area (Å²) in [6, 6.07) is 4.31. The monoisotopic (exact) mass is 310 g/mol. The highest BCUT2D eigenvalue weighted by Crippen LogP contribution is 2.30. The summed E-state index contributed by atoms with van der Waals surface area (Å²) in [5.74, 6) is 0.257. The average Bonchev–Trinajstić information content (AvgIpc) is 2.34. The highest BCUT2D eigenvalue weighted by Gasteiger charge is 2.46. The van der Waals surface area contributed by atoms with E-state index in [1.165, 1.54) is 12.1 Å². The van der Waals surface area contributed by atoms with Crippen LogP contribution in [0.2, 0.25) is 0 Å². The lowest BCUT2D eigenvalue weighted by Crippen LogP contribution is -2.34. The molecule has 1 unspecified atom stereocenters. The SMILES string of the molecule is CC(C)C(N)CNc1ccc(S(=O)(=O)C(F)(F)F)cc1. The molecule has 0 aliphatic carbocycles. The predicted molar refractivity (Wildman–Crippen MR) is 71.0 cm³/mol. The van der Waals surface area contributed by atoms with Crippen LogP contribution in [-0.2, 0) is 9.84 Å². The van der Waals surface area contributed by atoms with Gasteiger partial charge in [-0.15, -0.1) is 0 Å². The van der Waals surface area contributed by atoms with Gasteiger partial charge in [-0.3, -0.25) is 0 Å². The molecular weight excluding hydrogens is 293 g/mol. The lowest BCUT2D eigenvalue weighted by Gasteiger charge is -2.17. The van der Waals surface area contributed by atoms with Gasteiger partial charge in [0.05, 0.1) is 4.90 Å². The first-order valence-electron chi connectivity index (χ1n) is 5.96. The van der Waals surface area contributed by atoms with E-state index in [0.717, 1.165) is 12.1 Å². The van der Waals surface area contributed by atoms with Gasteiger partial charge in [0.2, 0.25) is 0 Å². The standard InChI is InChI=1S/C12H17F3N2O2S/c1-8(2)11(16)7-17-9-3-5-10(6-4-9)20(18,19)12(13,14)15/h3-6,8,11,17H,7,16H2,1-2H3. The Balaban J connectivity index is 2.80. The van der Waals surface area contributed by atoms with Gasteiger partial charge in [0.15, 0.2) is 0 Å². The van der Waals surface area contributed by atoms with Gasteiger partial charge in [-0.1, -0.05) is 13.8 Å². The zero-order valence-electron chi connectivity index (χ0n) is 11.1. The fourth-order valence-electron chi connectivity index (χ4n) is 1.36. The van der Waals surface area contributed by atoms with E-state index in [4.69, 9.17) is 5.73 Å². The maximum absolute atomic E-state index is 12.3. The third-order valence-electron chi connectivity index (χ3n) is 2.87. The van der Waals surface area contributed by atoms with Crippen LogP contribution < -0.4 is 11.1 Å². The summed E-state index contributed by atoms with van der Waals surface area (Å²) in [6.45, 7) is 4.35. The highest BCUT2D eigenvalue weighted by molar-refractivity contribution is 7.92. The molecule has 0 bridgehead atoms. The van der Waals surface area contributed by atoms with Crippen LogP contribution in [0.3, 0.4) is 0 Å². The van der Waals surface area contributed by atoms with Crippen LogP contribution in [0.1, 0.15) is 13.8 Å². The van der Waals surface area contributed by atoms with Gasteiger partial charge in [0, 0.05) is 18.3 Å². The van der Waals surface area contributed by atoms with Gasteiger partial charge >= 0.3 is 5.51 Å². The van der Waals surface area contributed by atoms with E-state index in [-0.39, 0.29) is 12.0 Å². The molecule has 4 nitrogen and oxygen atoms in total. The lowest BCUT2D eigenvalue weighted by atomic mass is 10.1. The second kappa shape index (κ2) is 6.01. The second-order valence-electron chi connectivity index (χ2n) is 4.76. The third kappa shape index (κ3) is 3.86. The van der Waals surface area contributed by atoms with Crippen molar-refractivity contribution in [2.75, 3.05) is 11.9 Å². The number of nitrogens with one attached hydrogen (secondary N) is 1. The summed E-state index contributed by atoms with van der Waals surface area (Å²) in [5.41, 5.74) is 1.04. The topological polar surface area (TPSA) is 72.2 Å². The Kier molecular flexibility index (Phi) is 5.04. The van der Waals surface area contributed by atoms with Crippen molar-refractivity contribution in [3.8, 4) is 0 Å². The van der Waals surface area contributed by atoms with Crippen LogP contribution in [0.5, 0.6) is 0 Å². The molecule has 0 heterocycles. The van der Waals surface area contributed by atoms with Gasteiger partial charge in [0.1, 0.15) is 0 Å². The number of anilines is 1. The first-order chi connectivity index (χ1) is 9.05. The van der Waals surface area contributed by atoms with Crippen molar-refractivity contribution in [3.05, 3.63) is 24.3 Å². The normalized spacial score (nSPS) is 14.3. The Bertz CT molecular complexity index is 539. The van der Waals surface area contributed by atoms with E-state index in [1.807, 2.05) is 13.8 Å². The molecule has 0 spiro atoms. The first-order valence-corrected chi connectivity index (χ1v) is 7.45. The summed E-state index contributed by atoms with van der Waals surface area (Å²) in [4.78, 5) is -0.774. The van der Waals surface area contributed by atoms with E-state index < -0.39 is 20.2 Å². The molecular formula is C12H17F3N2O2S. The van der Waals surface area contributed by atoms with Gasteiger partial charge in [-0.2, -0.15) is 13.2 Å². The molecule has 20 heavy (non-hydrogen) atoms. The molecule has 1 aromatic rings. The van der Waals surface area contributed by atoms with Gasteiger partial charge in [-0.25, -0.2) is 8.42 Å². The number of alkyl halides is 3. The molecule has 0 aliphatic rings. The number of hydrogen-bond donors (Lipinski definition) is 2. The Morgan fingerprint density at radius 1 is 1.20 bits per heavy atom. The van der Waals surface area contributed by atoms with Crippen molar-refractivity contribution in [1.29, 1.82) is 0 Å². The van der Waals surface area contributed by atoms with Crippen LogP contribution in [0.25, 0.3) is 0 Å². The van der Waals surface area contributed by atoms with Gasteiger partial charge < -0.3 is 11.1 Å². The maximum atomic E-state index is 12.3. The quantitative estimate of drug-likeness (QED) is 0.876. The summed E-state index contributed by atoms with van der Waals surface area (Å²) in [6.07, 6.45) is 0. The molecule has 8 heteroatoms. The fraction of sp³-hybridized carbons (Fsp3) is 0.500. The van der Waals surface area contributed by atoms with Crippen LogP contribution in [0, 0.1) is 5.92 Å². The summed E-state index contributed by atoms with van der Waals surface area (Å²) >= 11 is 0. The highest BCUT2D eigenvalue weighted by atomic mass is 32.2. The molecule has 0 saturated carbocycles. The number of benzene rings is 1. The van der Waals surface area contributed by atoms with Crippen LogP contribution in [-0.4, -0.2) is 26.5 Å². The number of halogens is 3. The molecule has 1 atom stereocenters. The van der Waals surface area contributed by atoms with E-state index in [1.54, 1.807) is 0 Å². The largest absolute Gasteiger partial charge is 0.501 e. The van der Waals surface area contributed by atoms with Crippen LogP contribution >= 0.6 is 0 Å². The average molecular weight is 310 g/mol. The molecule has 1 rings (SSSR count). The van der Waals surface area contributed by atoms with Crippen molar-refractivity contribution in [2.45, 2.75) is 30.3 Å². The Morgan fingerprint density at radius 2 is 1.70 bits per heavy atom. The van der Waals surface area contributed by atoms with E-state index in [0.29, 0.717) is 12.2 Å². The molecule has 0 radical (unpaired) electrons. The first kappa shape index (κ1) is 16.8. The molecule has 0 saturated heterocycles. The van der Waals surface area contributed by atoms with Crippen molar-refractivity contribution < 1.29 is 21.6 Å². The summed E-state index contributed by atoms with van der Waals surface area (Å²) < 4.78 is 59.3. The Labute approximate surface area is 116 Å². The van der Waals surface area contributed by atoms with Gasteiger partial charge in [0.25, 0.3) is 9.84 Å². The molecule has 0 fully saturated rings. The fourth-order valence-corrected chi connectivity index (χ4v) is 2.12. The molecule has 0 aromatic heterocycles. The zero-order chi connectivity index (χ0) is 15.6. The minimum Gasteiger partial charge on any atom is -0.383 e. The zero-order valence-corrected chi connectivity index (χ0v) is 11.9. The summed E-state index contributed by atoms with van der Waals surface area (Å²) in [7, 11) is -5.29. The third-order valence-corrected chi connectivity index (χ3v) is 4.37. The van der Waals surface area contributed by atoms with E-state index in [9.17, 15) is 21.6 Å². The minimum absolute atomic E-state index is 0.103. The predicted octanol–water partition coefficient (Wildman–Crippen LogP) is 2.38. The lowest BCUT2D eigenvalue weighted by molar-refractivity contribution is -0.0436. The molecule has 0 aliphatic heterocycles. The van der Waals surface area contributed by atoms with Crippen molar-refractivity contribution in [3.63, 3.8) is 0 Å². The van der Waals surface area contributed by atoms with Crippen LogP contribution in [0.4, 0.5) is 18.9 Å². The number of sulfone groups is 1. The summed E-state index contributed by atoms with van der Waals surface area (Å²) in [5, 5.41) is 2.94. The minimum atomic E-state index is -5.29. The molecule has 0 amide bonds. The van der Waals surface area contributed by atoms with E-state index >= 15 is 0 Å².